The van der Waals surface area contributed by atoms with Gasteiger partial charge >= 0.3 is 0 Å². The summed E-state index contributed by atoms with van der Waals surface area (Å²) in [5.74, 6) is 0.853. The Labute approximate surface area is 110 Å². The predicted molar refractivity (Wildman–Crippen MR) is 70.3 cm³/mol. The van der Waals surface area contributed by atoms with Crippen LogP contribution in [0.3, 0.4) is 0 Å². The maximum atomic E-state index is 12.6. The fourth-order valence-electron chi connectivity index (χ4n) is 1.54. The highest BCUT2D eigenvalue weighted by molar-refractivity contribution is 7.98. The van der Waals surface area contributed by atoms with E-state index in [0.717, 1.165) is 10.6 Å². The predicted octanol–water partition coefficient (Wildman–Crippen LogP) is 2.68. The minimum atomic E-state index is -0.610. The first-order chi connectivity index (χ1) is 8.83. The lowest BCUT2D eigenvalue weighted by atomic mass is 10.2. The molecular formula is C13H15FN2OS. The molecule has 0 aliphatic rings. The fourth-order valence-corrected chi connectivity index (χ4v) is 2.37. The molecule has 0 spiro atoms. The minimum Gasteiger partial charge on any atom is -0.394 e. The zero-order chi connectivity index (χ0) is 12.8. The summed E-state index contributed by atoms with van der Waals surface area (Å²) < 4.78 is 14.1. The van der Waals surface area contributed by atoms with Crippen molar-refractivity contribution >= 4 is 11.8 Å². The summed E-state index contributed by atoms with van der Waals surface area (Å²) in [6, 6.07) is 9.55. The molecule has 2 rings (SSSR count). The number of rotatable bonds is 6. The lowest BCUT2D eigenvalue weighted by Gasteiger charge is -2.09. The number of aliphatic hydroxyl groups is 1. The molecule has 1 N–H and O–H groups in total. The van der Waals surface area contributed by atoms with E-state index < -0.39 is 12.7 Å². The van der Waals surface area contributed by atoms with Gasteiger partial charge in [-0.2, -0.15) is 5.10 Å². The van der Waals surface area contributed by atoms with E-state index in [1.807, 2.05) is 18.2 Å². The Morgan fingerprint density at radius 3 is 2.78 bits per heavy atom. The van der Waals surface area contributed by atoms with Gasteiger partial charge in [0.05, 0.1) is 12.8 Å². The van der Waals surface area contributed by atoms with Crippen LogP contribution in [-0.2, 0) is 5.75 Å². The molecule has 0 fully saturated rings. The van der Waals surface area contributed by atoms with Crippen LogP contribution < -0.4 is 0 Å². The lowest BCUT2D eigenvalue weighted by molar-refractivity contribution is 0.190. The number of thioether (sulfide) groups is 1. The number of hydrogen-bond donors (Lipinski definition) is 1. The van der Waals surface area contributed by atoms with Gasteiger partial charge in [0.25, 0.3) is 0 Å². The second kappa shape index (κ2) is 6.56. The lowest BCUT2D eigenvalue weighted by Crippen LogP contribution is -2.15. The average Bonchev–Trinajstić information content (AvgIpc) is 2.88. The summed E-state index contributed by atoms with van der Waals surface area (Å²) in [6.45, 7) is -0.845. The molecule has 1 aromatic heterocycles. The summed E-state index contributed by atoms with van der Waals surface area (Å²) in [5, 5.41) is 13.1. The highest BCUT2D eigenvalue weighted by Crippen LogP contribution is 2.23. The first-order valence-corrected chi connectivity index (χ1v) is 6.69. The summed E-state index contributed by atoms with van der Waals surface area (Å²) in [4.78, 5) is 0.978. The van der Waals surface area contributed by atoms with Crippen LogP contribution in [0.15, 0.2) is 47.6 Å². The van der Waals surface area contributed by atoms with Crippen LogP contribution in [0.5, 0.6) is 0 Å². The van der Waals surface area contributed by atoms with Gasteiger partial charge in [0.1, 0.15) is 12.7 Å². The topological polar surface area (TPSA) is 38.0 Å². The third-order valence-electron chi connectivity index (χ3n) is 2.59. The molecule has 1 heterocycles. The maximum Gasteiger partial charge on any atom is 0.114 e. The molecule has 0 radical (unpaired) electrons. The highest BCUT2D eigenvalue weighted by atomic mass is 32.2. The van der Waals surface area contributed by atoms with E-state index in [2.05, 4.69) is 17.2 Å². The van der Waals surface area contributed by atoms with E-state index in [9.17, 15) is 4.39 Å². The molecule has 1 unspecified atom stereocenters. The van der Waals surface area contributed by atoms with Crippen LogP contribution in [0.25, 0.3) is 0 Å². The van der Waals surface area contributed by atoms with Crippen molar-refractivity contribution < 1.29 is 9.50 Å². The number of aliphatic hydroxyl groups excluding tert-OH is 1. The molecular weight excluding hydrogens is 251 g/mol. The zero-order valence-corrected chi connectivity index (χ0v) is 10.7. The zero-order valence-electron chi connectivity index (χ0n) is 9.87. The maximum absolute atomic E-state index is 12.6. The number of nitrogens with zero attached hydrogens (tertiary/aromatic N) is 2. The van der Waals surface area contributed by atoms with E-state index in [0.29, 0.717) is 0 Å². The standard InChI is InChI=1S/C13H15FN2OS/c14-6-12(9-17)16-8-13(7-15-16)18-10-11-4-2-1-3-5-11/h1-5,7-8,12,17H,6,9-10H2. The minimum absolute atomic E-state index is 0.235. The summed E-state index contributed by atoms with van der Waals surface area (Å²) in [7, 11) is 0. The Morgan fingerprint density at radius 1 is 1.33 bits per heavy atom. The smallest absolute Gasteiger partial charge is 0.114 e. The summed E-state index contributed by atoms with van der Waals surface area (Å²) in [6.07, 6.45) is 3.47. The van der Waals surface area contributed by atoms with Crippen molar-refractivity contribution in [3.05, 3.63) is 48.3 Å². The van der Waals surface area contributed by atoms with Gasteiger partial charge in [-0.1, -0.05) is 30.3 Å². The van der Waals surface area contributed by atoms with Crippen molar-refractivity contribution in [3.8, 4) is 0 Å². The molecule has 0 aliphatic heterocycles. The summed E-state index contributed by atoms with van der Waals surface area (Å²) in [5.41, 5.74) is 1.24. The van der Waals surface area contributed by atoms with Gasteiger partial charge in [0.15, 0.2) is 0 Å². The normalized spacial score (nSPS) is 12.6. The number of aromatic nitrogens is 2. The molecule has 0 aliphatic carbocycles. The number of halogens is 1. The third-order valence-corrected chi connectivity index (χ3v) is 3.61. The van der Waals surface area contributed by atoms with Crippen molar-refractivity contribution in [3.63, 3.8) is 0 Å². The quantitative estimate of drug-likeness (QED) is 0.817. The molecule has 5 heteroatoms. The van der Waals surface area contributed by atoms with Crippen molar-refractivity contribution in [2.24, 2.45) is 0 Å². The monoisotopic (exact) mass is 266 g/mol. The second-order valence-electron chi connectivity index (χ2n) is 3.92. The van der Waals surface area contributed by atoms with Crippen LogP contribution in [0.2, 0.25) is 0 Å². The Kier molecular flexibility index (Phi) is 4.78. The van der Waals surface area contributed by atoms with Crippen molar-refractivity contribution in [2.75, 3.05) is 13.3 Å². The van der Waals surface area contributed by atoms with Crippen molar-refractivity contribution in [1.29, 1.82) is 0 Å². The van der Waals surface area contributed by atoms with Crippen LogP contribution in [0, 0.1) is 0 Å². The molecule has 1 aromatic carbocycles. The van der Waals surface area contributed by atoms with Gasteiger partial charge in [0.2, 0.25) is 0 Å². The van der Waals surface area contributed by atoms with Gasteiger partial charge in [-0.3, -0.25) is 4.68 Å². The largest absolute Gasteiger partial charge is 0.394 e. The Balaban J connectivity index is 1.95. The van der Waals surface area contributed by atoms with E-state index in [1.54, 1.807) is 24.2 Å². The van der Waals surface area contributed by atoms with Crippen LogP contribution in [0.4, 0.5) is 4.39 Å². The first-order valence-electron chi connectivity index (χ1n) is 5.71. The number of alkyl halides is 1. The van der Waals surface area contributed by atoms with E-state index in [-0.39, 0.29) is 6.61 Å². The molecule has 0 saturated carbocycles. The van der Waals surface area contributed by atoms with Crippen LogP contribution in [-0.4, -0.2) is 28.2 Å². The number of hydrogen-bond acceptors (Lipinski definition) is 3. The highest BCUT2D eigenvalue weighted by Gasteiger charge is 2.10. The number of benzene rings is 1. The van der Waals surface area contributed by atoms with E-state index in [1.165, 1.54) is 10.2 Å². The summed E-state index contributed by atoms with van der Waals surface area (Å²) >= 11 is 1.65. The molecule has 0 amide bonds. The molecule has 96 valence electrons. The second-order valence-corrected chi connectivity index (χ2v) is 4.97. The molecule has 0 bridgehead atoms. The molecule has 18 heavy (non-hydrogen) atoms. The first kappa shape index (κ1) is 13.1. The fraction of sp³-hybridized carbons (Fsp3) is 0.308. The average molecular weight is 266 g/mol. The van der Waals surface area contributed by atoms with Gasteiger partial charge < -0.3 is 5.11 Å². The van der Waals surface area contributed by atoms with E-state index in [4.69, 9.17) is 5.11 Å². The van der Waals surface area contributed by atoms with Gasteiger partial charge in [-0.05, 0) is 5.56 Å². The Morgan fingerprint density at radius 2 is 2.11 bits per heavy atom. The van der Waals surface area contributed by atoms with Gasteiger partial charge in [-0.25, -0.2) is 4.39 Å². The molecule has 3 nitrogen and oxygen atoms in total. The Bertz CT molecular complexity index is 471. The van der Waals surface area contributed by atoms with Crippen molar-refractivity contribution in [2.45, 2.75) is 16.7 Å². The molecule has 2 aromatic rings. The Hall–Kier alpha value is -1.33. The third kappa shape index (κ3) is 3.34. The van der Waals surface area contributed by atoms with Gasteiger partial charge in [-0.15, -0.1) is 11.8 Å². The van der Waals surface area contributed by atoms with Crippen LogP contribution >= 0.6 is 11.8 Å². The van der Waals surface area contributed by atoms with Gasteiger partial charge in [0, 0.05) is 16.8 Å². The van der Waals surface area contributed by atoms with Crippen molar-refractivity contribution in [1.82, 2.24) is 9.78 Å². The molecule has 0 saturated heterocycles. The SMILES string of the molecule is OCC(CF)n1cc(SCc2ccccc2)cn1. The molecule has 1 atom stereocenters. The van der Waals surface area contributed by atoms with E-state index >= 15 is 0 Å². The van der Waals surface area contributed by atoms with Crippen LogP contribution in [0.1, 0.15) is 11.6 Å².